The molecule has 0 rings (SSSR count). The molecule has 37 valence electrons. The van der Waals surface area contributed by atoms with Gasteiger partial charge < -0.3 is 19.2 Å². The Balaban J connectivity index is 0. The predicted octanol–water partition coefficient (Wildman–Crippen LogP) is -2.83. The molecule has 0 saturated carbocycles. The molecule has 1 radical (unpaired) electrons. The second kappa shape index (κ2) is 2.75. The van der Waals surface area contributed by atoms with Crippen molar-refractivity contribution in [3.05, 3.63) is 0 Å². The molecule has 0 aliphatic heterocycles. The van der Waals surface area contributed by atoms with Crippen LogP contribution >= 0.6 is 7.82 Å². The van der Waals surface area contributed by atoms with Gasteiger partial charge in [0.2, 0.25) is 0 Å². The Morgan fingerprint density at radius 1 is 1.17 bits per heavy atom. The van der Waals surface area contributed by atoms with E-state index in [2.05, 4.69) is 0 Å². The number of hydrogen-bond acceptors (Lipinski definition) is 4. The van der Waals surface area contributed by atoms with Crippen LogP contribution < -0.4 is 14.7 Å². The van der Waals surface area contributed by atoms with Gasteiger partial charge in [0.1, 0.15) is 0 Å². The molecule has 4 nitrogen and oxygen atoms in total. The van der Waals surface area contributed by atoms with E-state index < -0.39 is 7.82 Å². The van der Waals surface area contributed by atoms with Crippen molar-refractivity contribution in [3.8, 4) is 0 Å². The summed E-state index contributed by atoms with van der Waals surface area (Å²) in [7, 11) is -5.39. The molecule has 0 N–H and O–H groups in total. The zero-order valence-corrected chi connectivity index (χ0v) is 4.53. The van der Waals surface area contributed by atoms with E-state index in [0.717, 1.165) is 0 Å². The van der Waals surface area contributed by atoms with E-state index in [-0.39, 0.29) is 17.1 Å². The van der Waals surface area contributed by atoms with Crippen LogP contribution in [0.2, 0.25) is 0 Å². The van der Waals surface area contributed by atoms with E-state index in [1.165, 1.54) is 0 Å². The average molecular weight is 150 g/mol. The summed E-state index contributed by atoms with van der Waals surface area (Å²) in [4.78, 5) is 25.6. The normalized spacial score (nSPS) is 9.83. The van der Waals surface area contributed by atoms with Crippen molar-refractivity contribution in [2.75, 3.05) is 0 Å². The van der Waals surface area contributed by atoms with Crippen LogP contribution in [0.25, 0.3) is 0 Å². The molecule has 0 fully saturated rings. The molecular weight excluding hydrogens is 150 g/mol. The third-order valence-electron chi connectivity index (χ3n) is 0. The monoisotopic (exact) mass is 150 g/mol. The first-order chi connectivity index (χ1) is 2.00. The molecule has 0 saturated heterocycles. The number of phosphoric acid groups is 1. The van der Waals surface area contributed by atoms with E-state index in [4.69, 9.17) is 19.2 Å². The Hall–Kier alpha value is 0.629. The Labute approximate surface area is 44.9 Å². The third kappa shape index (κ3) is 154. The minimum Gasteiger partial charge on any atom is -0.822 e. The third-order valence-corrected chi connectivity index (χ3v) is 0. The molecule has 0 bridgehead atoms. The van der Waals surface area contributed by atoms with Crippen molar-refractivity contribution in [2.45, 2.75) is 0 Å². The number of rotatable bonds is 0. The Morgan fingerprint density at radius 3 is 1.17 bits per heavy atom. The van der Waals surface area contributed by atoms with Gasteiger partial charge >= 0.3 is 17.1 Å². The van der Waals surface area contributed by atoms with Gasteiger partial charge in [-0.1, -0.05) is 0 Å². The molecule has 0 aliphatic rings. The molecule has 0 amide bonds. The van der Waals surface area contributed by atoms with Crippen LogP contribution in [0.15, 0.2) is 0 Å². The van der Waals surface area contributed by atoms with Gasteiger partial charge in [0.05, 0.1) is 0 Å². The SMILES string of the molecule is O=P([O-])([O-])[O-].[Mn+2]. The summed E-state index contributed by atoms with van der Waals surface area (Å²) in [5.41, 5.74) is 0. The number of hydrogen-bond donors (Lipinski definition) is 0. The zero-order chi connectivity index (χ0) is 4.50. The summed E-state index contributed by atoms with van der Waals surface area (Å²) in [5.74, 6) is 0. The topological polar surface area (TPSA) is 86.2 Å². The van der Waals surface area contributed by atoms with Gasteiger partial charge in [0.25, 0.3) is 0 Å². The molecular formula is MnO4P-. The fraction of sp³-hybridized carbons (Fsp3) is 0. The second-order valence-electron chi connectivity index (χ2n) is 0.447. The maximum Gasteiger partial charge on any atom is 2.00 e. The smallest absolute Gasteiger partial charge is 0.822 e. The van der Waals surface area contributed by atoms with Crippen LogP contribution in [0.5, 0.6) is 0 Å². The molecule has 0 aliphatic carbocycles. The average Bonchev–Trinajstić information content (AvgIpc) is 0.722. The molecule has 6 heavy (non-hydrogen) atoms. The Bertz CT molecular complexity index is 53.7. The standard InChI is InChI=1S/Mn.H3O4P/c;1-5(2,3)4/h;(H3,1,2,3,4)/q+2;/p-3. The molecule has 0 aromatic rings. The van der Waals surface area contributed by atoms with E-state index in [0.29, 0.717) is 0 Å². The first-order valence-electron chi connectivity index (χ1n) is 0.730. The van der Waals surface area contributed by atoms with Crippen molar-refractivity contribution >= 4 is 7.82 Å². The summed E-state index contributed by atoms with van der Waals surface area (Å²) in [6.07, 6.45) is 0. The van der Waals surface area contributed by atoms with Gasteiger partial charge in [-0.05, 0) is 0 Å². The maximum atomic E-state index is 8.55. The van der Waals surface area contributed by atoms with Gasteiger partial charge in [0, 0.05) is 0 Å². The first kappa shape index (κ1) is 9.80. The Kier molecular flexibility index (Phi) is 4.49. The van der Waals surface area contributed by atoms with Crippen LogP contribution in [0.4, 0.5) is 0 Å². The summed E-state index contributed by atoms with van der Waals surface area (Å²) in [6.45, 7) is 0. The van der Waals surface area contributed by atoms with Crippen molar-refractivity contribution in [3.63, 3.8) is 0 Å². The quantitative estimate of drug-likeness (QED) is 0.275. The molecule has 0 atom stereocenters. The van der Waals surface area contributed by atoms with Crippen LogP contribution in [0.1, 0.15) is 0 Å². The van der Waals surface area contributed by atoms with Crippen LogP contribution in [0.3, 0.4) is 0 Å². The van der Waals surface area contributed by atoms with Crippen molar-refractivity contribution in [1.29, 1.82) is 0 Å². The van der Waals surface area contributed by atoms with Crippen molar-refractivity contribution in [2.24, 2.45) is 0 Å². The van der Waals surface area contributed by atoms with Crippen LogP contribution in [-0.2, 0) is 21.6 Å². The summed E-state index contributed by atoms with van der Waals surface area (Å²) < 4.78 is 8.55. The molecule has 0 aromatic heterocycles. The molecule has 0 aromatic carbocycles. The zero-order valence-electron chi connectivity index (χ0n) is 2.46. The van der Waals surface area contributed by atoms with Gasteiger partial charge in [-0.2, -0.15) is 7.82 Å². The maximum absolute atomic E-state index is 8.55. The molecule has 0 heterocycles. The largest absolute Gasteiger partial charge is 2.00 e. The molecule has 0 spiro atoms. The van der Waals surface area contributed by atoms with Crippen LogP contribution in [-0.4, -0.2) is 0 Å². The van der Waals surface area contributed by atoms with E-state index in [9.17, 15) is 0 Å². The van der Waals surface area contributed by atoms with E-state index in [1.54, 1.807) is 0 Å². The fourth-order valence-electron chi connectivity index (χ4n) is 0. The molecule has 0 unspecified atom stereocenters. The van der Waals surface area contributed by atoms with E-state index in [1.807, 2.05) is 0 Å². The summed E-state index contributed by atoms with van der Waals surface area (Å²) in [6, 6.07) is 0. The van der Waals surface area contributed by atoms with E-state index >= 15 is 0 Å². The van der Waals surface area contributed by atoms with Gasteiger partial charge in [-0.3, -0.25) is 0 Å². The van der Waals surface area contributed by atoms with Crippen LogP contribution in [0, 0.1) is 0 Å². The second-order valence-corrected chi connectivity index (χ2v) is 1.34. The summed E-state index contributed by atoms with van der Waals surface area (Å²) in [5, 5.41) is 0. The first-order valence-corrected chi connectivity index (χ1v) is 2.19. The van der Waals surface area contributed by atoms with Gasteiger partial charge in [-0.15, -0.1) is 0 Å². The Morgan fingerprint density at radius 2 is 1.17 bits per heavy atom. The minimum absolute atomic E-state index is 0. The van der Waals surface area contributed by atoms with Gasteiger partial charge in [0.15, 0.2) is 0 Å². The fourth-order valence-corrected chi connectivity index (χ4v) is 0. The molecule has 6 heteroatoms. The van der Waals surface area contributed by atoms with Crippen molar-refractivity contribution in [1.82, 2.24) is 0 Å². The minimum atomic E-state index is -5.39. The summed E-state index contributed by atoms with van der Waals surface area (Å²) >= 11 is 0. The predicted molar refractivity (Wildman–Crippen MR) is 7.61 cm³/mol. The van der Waals surface area contributed by atoms with Crippen molar-refractivity contribution < 1.29 is 36.3 Å². The van der Waals surface area contributed by atoms with Gasteiger partial charge in [-0.25, -0.2) is 0 Å².